The SMILES string of the molecule is CCN(CC)Cc1c(O)ccc2c(=O)c(-c3nc4ccccc4s3)coc12. The van der Waals surface area contributed by atoms with Crippen molar-refractivity contribution in [2.75, 3.05) is 13.1 Å². The van der Waals surface area contributed by atoms with Crippen molar-refractivity contribution in [2.24, 2.45) is 0 Å². The van der Waals surface area contributed by atoms with E-state index >= 15 is 0 Å². The lowest BCUT2D eigenvalue weighted by Crippen LogP contribution is -2.22. The Morgan fingerprint density at radius 1 is 1.15 bits per heavy atom. The van der Waals surface area contributed by atoms with Crippen molar-refractivity contribution in [3.05, 3.63) is 58.4 Å². The van der Waals surface area contributed by atoms with Gasteiger partial charge in [-0.25, -0.2) is 4.98 Å². The van der Waals surface area contributed by atoms with Crippen LogP contribution in [0.5, 0.6) is 5.75 Å². The molecule has 0 radical (unpaired) electrons. The van der Waals surface area contributed by atoms with Crippen LogP contribution in [0.15, 0.2) is 51.9 Å². The largest absolute Gasteiger partial charge is 0.507 e. The Balaban J connectivity index is 1.87. The van der Waals surface area contributed by atoms with Gasteiger partial charge < -0.3 is 9.52 Å². The van der Waals surface area contributed by atoms with Crippen LogP contribution < -0.4 is 5.43 Å². The Morgan fingerprint density at radius 3 is 2.67 bits per heavy atom. The van der Waals surface area contributed by atoms with Crippen LogP contribution in [-0.4, -0.2) is 28.1 Å². The predicted molar refractivity (Wildman–Crippen MR) is 109 cm³/mol. The van der Waals surface area contributed by atoms with Crippen LogP contribution in [0, 0.1) is 0 Å². The van der Waals surface area contributed by atoms with E-state index in [1.807, 2.05) is 24.3 Å². The Kier molecular flexibility index (Phi) is 4.68. The van der Waals surface area contributed by atoms with Gasteiger partial charge in [-0.2, -0.15) is 0 Å². The third kappa shape index (κ3) is 3.11. The molecule has 0 aliphatic rings. The monoisotopic (exact) mass is 380 g/mol. The Labute approximate surface area is 160 Å². The van der Waals surface area contributed by atoms with E-state index in [1.54, 1.807) is 12.1 Å². The maximum atomic E-state index is 13.1. The first kappa shape index (κ1) is 17.7. The zero-order valence-corrected chi connectivity index (χ0v) is 16.0. The summed E-state index contributed by atoms with van der Waals surface area (Å²) in [7, 11) is 0. The van der Waals surface area contributed by atoms with E-state index in [4.69, 9.17) is 4.42 Å². The minimum atomic E-state index is -0.129. The van der Waals surface area contributed by atoms with Crippen LogP contribution in [0.3, 0.4) is 0 Å². The molecule has 0 saturated carbocycles. The number of phenolic OH excluding ortho intramolecular Hbond substituents is 1. The second-order valence-corrected chi connectivity index (χ2v) is 7.40. The maximum absolute atomic E-state index is 13.1. The molecule has 0 spiro atoms. The van der Waals surface area contributed by atoms with Crippen LogP contribution in [-0.2, 0) is 6.54 Å². The van der Waals surface area contributed by atoms with E-state index in [2.05, 4.69) is 23.7 Å². The molecule has 4 rings (SSSR count). The van der Waals surface area contributed by atoms with E-state index in [9.17, 15) is 9.90 Å². The first-order chi connectivity index (χ1) is 13.1. The van der Waals surface area contributed by atoms with E-state index in [0.717, 1.165) is 23.3 Å². The minimum absolute atomic E-state index is 0.129. The van der Waals surface area contributed by atoms with Crippen molar-refractivity contribution in [3.63, 3.8) is 0 Å². The summed E-state index contributed by atoms with van der Waals surface area (Å²) in [5, 5.41) is 11.4. The molecule has 6 heteroatoms. The van der Waals surface area contributed by atoms with Crippen LogP contribution in [0.4, 0.5) is 0 Å². The molecule has 27 heavy (non-hydrogen) atoms. The van der Waals surface area contributed by atoms with Crippen molar-refractivity contribution in [1.29, 1.82) is 0 Å². The molecular formula is C21H20N2O3S. The van der Waals surface area contributed by atoms with Crippen LogP contribution in [0.2, 0.25) is 0 Å². The molecule has 0 aliphatic carbocycles. The number of fused-ring (bicyclic) bond motifs is 2. The van der Waals surface area contributed by atoms with Gasteiger partial charge in [-0.05, 0) is 37.4 Å². The molecule has 0 aliphatic heterocycles. The average Bonchev–Trinajstić information content (AvgIpc) is 3.11. The van der Waals surface area contributed by atoms with Crippen LogP contribution in [0.25, 0.3) is 31.8 Å². The molecule has 0 amide bonds. The predicted octanol–water partition coefficient (Wildman–Crippen LogP) is 4.62. The smallest absolute Gasteiger partial charge is 0.202 e. The number of nitrogens with zero attached hydrogens (tertiary/aromatic N) is 2. The number of aromatic nitrogens is 1. The molecule has 138 valence electrons. The van der Waals surface area contributed by atoms with E-state index < -0.39 is 0 Å². The first-order valence-electron chi connectivity index (χ1n) is 8.97. The second kappa shape index (κ2) is 7.13. The summed E-state index contributed by atoms with van der Waals surface area (Å²) >= 11 is 1.47. The summed E-state index contributed by atoms with van der Waals surface area (Å²) in [6.45, 7) is 6.35. The van der Waals surface area contributed by atoms with Gasteiger partial charge in [-0.3, -0.25) is 9.69 Å². The van der Waals surface area contributed by atoms with E-state index in [0.29, 0.717) is 33.6 Å². The highest BCUT2D eigenvalue weighted by Gasteiger charge is 2.18. The van der Waals surface area contributed by atoms with E-state index in [-0.39, 0.29) is 11.2 Å². The third-order valence-electron chi connectivity index (χ3n) is 4.82. The zero-order chi connectivity index (χ0) is 19.0. The lowest BCUT2D eigenvalue weighted by Gasteiger charge is -2.19. The zero-order valence-electron chi connectivity index (χ0n) is 15.2. The summed E-state index contributed by atoms with van der Waals surface area (Å²) in [4.78, 5) is 19.8. The minimum Gasteiger partial charge on any atom is -0.507 e. The van der Waals surface area contributed by atoms with Gasteiger partial charge in [-0.1, -0.05) is 26.0 Å². The number of thiazole rings is 1. The maximum Gasteiger partial charge on any atom is 0.202 e. The quantitative estimate of drug-likeness (QED) is 0.547. The van der Waals surface area contributed by atoms with E-state index in [1.165, 1.54) is 17.6 Å². The Morgan fingerprint density at radius 2 is 1.93 bits per heavy atom. The summed E-state index contributed by atoms with van der Waals surface area (Å²) < 4.78 is 6.88. The van der Waals surface area contributed by atoms with Crippen LogP contribution in [0.1, 0.15) is 19.4 Å². The molecule has 2 aromatic carbocycles. The Hall–Kier alpha value is -2.70. The molecule has 0 atom stereocenters. The normalized spacial score (nSPS) is 11.7. The van der Waals surface area contributed by atoms with Crippen molar-refractivity contribution in [1.82, 2.24) is 9.88 Å². The number of rotatable bonds is 5. The topological polar surface area (TPSA) is 66.6 Å². The molecule has 0 saturated heterocycles. The Bertz CT molecular complexity index is 1140. The number of hydrogen-bond acceptors (Lipinski definition) is 6. The van der Waals surface area contributed by atoms with Gasteiger partial charge in [0.05, 0.1) is 26.7 Å². The molecule has 5 nitrogen and oxygen atoms in total. The fraction of sp³-hybridized carbons (Fsp3) is 0.238. The molecule has 2 aromatic heterocycles. The molecular weight excluding hydrogens is 360 g/mol. The fourth-order valence-electron chi connectivity index (χ4n) is 3.21. The second-order valence-electron chi connectivity index (χ2n) is 6.37. The lowest BCUT2D eigenvalue weighted by atomic mass is 10.1. The number of aromatic hydroxyl groups is 1. The van der Waals surface area contributed by atoms with Crippen LogP contribution >= 0.6 is 11.3 Å². The molecule has 4 aromatic rings. The van der Waals surface area contributed by atoms with Crippen molar-refractivity contribution in [2.45, 2.75) is 20.4 Å². The molecule has 2 heterocycles. The third-order valence-corrected chi connectivity index (χ3v) is 5.89. The summed E-state index contributed by atoms with van der Waals surface area (Å²) in [6.07, 6.45) is 1.47. The fourth-order valence-corrected chi connectivity index (χ4v) is 4.17. The van der Waals surface area contributed by atoms with Gasteiger partial charge >= 0.3 is 0 Å². The summed E-state index contributed by atoms with van der Waals surface area (Å²) in [5.74, 6) is 0.144. The summed E-state index contributed by atoms with van der Waals surface area (Å²) in [6, 6.07) is 11.0. The lowest BCUT2D eigenvalue weighted by molar-refractivity contribution is 0.290. The van der Waals surface area contributed by atoms with Gasteiger partial charge in [0.1, 0.15) is 22.6 Å². The highest BCUT2D eigenvalue weighted by Crippen LogP contribution is 2.32. The molecule has 0 fully saturated rings. The van der Waals surface area contributed by atoms with Gasteiger partial charge in [0.15, 0.2) is 0 Å². The first-order valence-corrected chi connectivity index (χ1v) is 9.78. The van der Waals surface area contributed by atoms with Gasteiger partial charge in [-0.15, -0.1) is 11.3 Å². The standard InChI is InChI=1S/C21H20N2O3S/c1-3-23(4-2)11-14-17(24)10-9-13-19(25)15(12-26-20(13)14)21-22-16-7-5-6-8-18(16)27-21/h5-10,12,24H,3-4,11H2,1-2H3. The van der Waals surface area contributed by atoms with Gasteiger partial charge in [0.25, 0.3) is 0 Å². The van der Waals surface area contributed by atoms with Crippen molar-refractivity contribution < 1.29 is 9.52 Å². The van der Waals surface area contributed by atoms with Gasteiger partial charge in [0, 0.05) is 6.54 Å². The number of benzene rings is 2. The van der Waals surface area contributed by atoms with Crippen molar-refractivity contribution in [3.8, 4) is 16.3 Å². The van der Waals surface area contributed by atoms with Crippen molar-refractivity contribution >= 4 is 32.5 Å². The number of hydrogen-bond donors (Lipinski definition) is 1. The number of para-hydroxylation sites is 1. The average molecular weight is 380 g/mol. The highest BCUT2D eigenvalue weighted by atomic mass is 32.1. The van der Waals surface area contributed by atoms with Gasteiger partial charge in [0.2, 0.25) is 5.43 Å². The molecule has 0 unspecified atom stereocenters. The summed E-state index contributed by atoms with van der Waals surface area (Å²) in [5.41, 5.74) is 2.27. The molecule has 0 bridgehead atoms. The highest BCUT2D eigenvalue weighted by molar-refractivity contribution is 7.21. The molecule has 1 N–H and O–H groups in total. The number of phenols is 1.